The molecule has 0 aliphatic heterocycles. The molecule has 34 heavy (non-hydrogen) atoms. The summed E-state index contributed by atoms with van der Waals surface area (Å²) in [6.07, 6.45) is 3.37. The fourth-order valence-electron chi connectivity index (χ4n) is 4.63. The monoisotopic (exact) mass is 458 g/mol. The van der Waals surface area contributed by atoms with Crippen LogP contribution in [0.3, 0.4) is 0 Å². The zero-order valence-corrected chi connectivity index (χ0v) is 19.3. The molecule has 0 atom stereocenters. The number of hydrogen-bond acceptors (Lipinski definition) is 5. The van der Waals surface area contributed by atoms with Gasteiger partial charge in [-0.3, -0.25) is 4.79 Å². The lowest BCUT2D eigenvalue weighted by Gasteiger charge is -2.30. The van der Waals surface area contributed by atoms with Crippen molar-refractivity contribution in [2.75, 3.05) is 5.32 Å². The Balaban J connectivity index is 1.30. The average Bonchev–Trinajstić information content (AvgIpc) is 3.17. The Kier molecular flexibility index (Phi) is 5.96. The first kappa shape index (κ1) is 22.0. The molecule has 0 radical (unpaired) electrons. The molecular formula is C26H27FN6O. The maximum absolute atomic E-state index is 13.9. The van der Waals surface area contributed by atoms with E-state index in [-0.39, 0.29) is 23.6 Å². The summed E-state index contributed by atoms with van der Waals surface area (Å²) in [6.45, 7) is 3.86. The first-order valence-corrected chi connectivity index (χ1v) is 11.6. The van der Waals surface area contributed by atoms with Crippen molar-refractivity contribution < 1.29 is 9.18 Å². The van der Waals surface area contributed by atoms with Crippen LogP contribution < -0.4 is 10.6 Å². The highest BCUT2D eigenvalue weighted by Crippen LogP contribution is 2.29. The van der Waals surface area contributed by atoms with Crippen LogP contribution in [0, 0.1) is 19.7 Å². The van der Waals surface area contributed by atoms with Crippen LogP contribution in [0.1, 0.15) is 47.6 Å². The standard InChI is InChI=1S/C26H27FN6O/c1-16-23-24(28-17(2)29-25(23)33(32-16)20-8-4-3-5-9-20)30-18-12-14-19(15-13-18)31-26(34)21-10-6-7-11-22(21)27/h3-11,18-19H,12-15H2,1-2H3,(H,31,34)(H,28,29,30). The van der Waals surface area contributed by atoms with Crippen LogP contribution in [0.15, 0.2) is 54.6 Å². The summed E-state index contributed by atoms with van der Waals surface area (Å²) in [4.78, 5) is 21.8. The number of benzene rings is 2. The number of hydrogen-bond donors (Lipinski definition) is 2. The van der Waals surface area contributed by atoms with Crippen molar-refractivity contribution in [3.05, 3.63) is 77.5 Å². The van der Waals surface area contributed by atoms with Crippen LogP contribution in [-0.4, -0.2) is 37.7 Å². The van der Waals surface area contributed by atoms with Gasteiger partial charge in [-0.1, -0.05) is 30.3 Å². The first-order valence-electron chi connectivity index (χ1n) is 11.6. The predicted molar refractivity (Wildman–Crippen MR) is 130 cm³/mol. The Labute approximate surface area is 197 Å². The maximum atomic E-state index is 13.9. The fraction of sp³-hybridized carbons (Fsp3) is 0.308. The minimum absolute atomic E-state index is 0.0277. The van der Waals surface area contributed by atoms with Gasteiger partial charge in [-0.05, 0) is 63.8 Å². The zero-order valence-electron chi connectivity index (χ0n) is 19.3. The van der Waals surface area contributed by atoms with E-state index >= 15 is 0 Å². The molecule has 7 nitrogen and oxygen atoms in total. The van der Waals surface area contributed by atoms with Gasteiger partial charge in [0.1, 0.15) is 17.5 Å². The number of carbonyl (C=O) groups excluding carboxylic acids is 1. The molecule has 2 N–H and O–H groups in total. The molecule has 8 heteroatoms. The Morgan fingerprint density at radius 3 is 2.35 bits per heavy atom. The summed E-state index contributed by atoms with van der Waals surface area (Å²) >= 11 is 0. The largest absolute Gasteiger partial charge is 0.367 e. The van der Waals surface area contributed by atoms with Crippen molar-refractivity contribution in [2.24, 2.45) is 0 Å². The second-order valence-electron chi connectivity index (χ2n) is 8.80. The molecule has 2 aromatic heterocycles. The van der Waals surface area contributed by atoms with Crippen molar-refractivity contribution in [3.8, 4) is 5.69 Å². The number of para-hydroxylation sites is 1. The number of carbonyl (C=O) groups is 1. The highest BCUT2D eigenvalue weighted by atomic mass is 19.1. The minimum Gasteiger partial charge on any atom is -0.367 e. The second-order valence-corrected chi connectivity index (χ2v) is 8.80. The van der Waals surface area contributed by atoms with E-state index in [0.717, 1.165) is 53.9 Å². The normalized spacial score (nSPS) is 18.1. The van der Waals surface area contributed by atoms with E-state index in [1.165, 1.54) is 12.1 Å². The minimum atomic E-state index is -0.495. The van der Waals surface area contributed by atoms with E-state index in [9.17, 15) is 9.18 Å². The highest BCUT2D eigenvalue weighted by molar-refractivity contribution is 5.94. The number of aryl methyl sites for hydroxylation is 2. The highest BCUT2D eigenvalue weighted by Gasteiger charge is 2.25. The number of rotatable bonds is 5. The van der Waals surface area contributed by atoms with Crippen molar-refractivity contribution in [3.63, 3.8) is 0 Å². The molecule has 0 unspecified atom stereocenters. The zero-order chi connectivity index (χ0) is 23.7. The van der Waals surface area contributed by atoms with Gasteiger partial charge in [0.05, 0.1) is 22.3 Å². The molecule has 4 aromatic rings. The Morgan fingerprint density at radius 2 is 1.62 bits per heavy atom. The van der Waals surface area contributed by atoms with Crippen LogP contribution in [0.5, 0.6) is 0 Å². The molecule has 174 valence electrons. The van der Waals surface area contributed by atoms with Crippen molar-refractivity contribution >= 4 is 22.8 Å². The van der Waals surface area contributed by atoms with Gasteiger partial charge in [-0.25, -0.2) is 19.0 Å². The number of nitrogens with one attached hydrogen (secondary N) is 2. The fourth-order valence-corrected chi connectivity index (χ4v) is 4.63. The summed E-state index contributed by atoms with van der Waals surface area (Å²) in [7, 11) is 0. The smallest absolute Gasteiger partial charge is 0.254 e. The SMILES string of the molecule is Cc1nc(NC2CCC(NC(=O)c3ccccc3F)CC2)c2c(C)nn(-c3ccccc3)c2n1. The molecular weight excluding hydrogens is 431 g/mol. The van der Waals surface area contributed by atoms with Gasteiger partial charge in [-0.2, -0.15) is 5.10 Å². The number of fused-ring (bicyclic) bond motifs is 1. The Morgan fingerprint density at radius 1 is 0.941 bits per heavy atom. The molecule has 1 amide bonds. The van der Waals surface area contributed by atoms with Gasteiger partial charge in [-0.15, -0.1) is 0 Å². The van der Waals surface area contributed by atoms with Crippen LogP contribution in [0.4, 0.5) is 10.2 Å². The first-order chi connectivity index (χ1) is 16.5. The molecule has 5 rings (SSSR count). The van der Waals surface area contributed by atoms with Gasteiger partial charge in [0.15, 0.2) is 5.65 Å². The number of anilines is 1. The lowest BCUT2D eigenvalue weighted by atomic mass is 9.91. The van der Waals surface area contributed by atoms with Gasteiger partial charge >= 0.3 is 0 Å². The summed E-state index contributed by atoms with van der Waals surface area (Å²) in [5, 5.41) is 12.2. The second kappa shape index (κ2) is 9.21. The molecule has 0 saturated heterocycles. The third kappa shape index (κ3) is 4.35. The summed E-state index contributed by atoms with van der Waals surface area (Å²) in [5.41, 5.74) is 2.69. The molecule has 1 aliphatic rings. The van der Waals surface area contributed by atoms with Crippen molar-refractivity contribution in [1.29, 1.82) is 0 Å². The quantitative estimate of drug-likeness (QED) is 0.452. The van der Waals surface area contributed by atoms with E-state index in [1.807, 2.05) is 48.9 Å². The molecule has 1 fully saturated rings. The third-order valence-corrected chi connectivity index (χ3v) is 6.34. The van der Waals surface area contributed by atoms with E-state index in [4.69, 9.17) is 10.1 Å². The molecule has 1 aliphatic carbocycles. The third-order valence-electron chi connectivity index (χ3n) is 6.34. The number of halogens is 1. The molecule has 2 heterocycles. The van der Waals surface area contributed by atoms with Gasteiger partial charge in [0.2, 0.25) is 0 Å². The number of nitrogens with zero attached hydrogens (tertiary/aromatic N) is 4. The van der Waals surface area contributed by atoms with E-state index in [0.29, 0.717) is 5.82 Å². The average molecular weight is 459 g/mol. The van der Waals surface area contributed by atoms with E-state index < -0.39 is 5.82 Å². The number of aromatic nitrogens is 4. The van der Waals surface area contributed by atoms with Crippen molar-refractivity contribution in [1.82, 2.24) is 25.1 Å². The van der Waals surface area contributed by atoms with Crippen LogP contribution >= 0.6 is 0 Å². The van der Waals surface area contributed by atoms with Gasteiger partial charge in [0, 0.05) is 12.1 Å². The Bertz CT molecular complexity index is 1330. The van der Waals surface area contributed by atoms with Crippen LogP contribution in [-0.2, 0) is 0 Å². The van der Waals surface area contributed by atoms with Gasteiger partial charge < -0.3 is 10.6 Å². The lowest BCUT2D eigenvalue weighted by molar-refractivity contribution is 0.0922. The maximum Gasteiger partial charge on any atom is 0.254 e. The van der Waals surface area contributed by atoms with Crippen LogP contribution in [0.2, 0.25) is 0 Å². The Hall–Kier alpha value is -3.81. The summed E-state index contributed by atoms with van der Waals surface area (Å²) < 4.78 is 15.8. The van der Waals surface area contributed by atoms with Gasteiger partial charge in [0.25, 0.3) is 5.91 Å². The summed E-state index contributed by atoms with van der Waals surface area (Å²) in [6, 6.07) is 16.3. The molecule has 0 spiro atoms. The van der Waals surface area contributed by atoms with Crippen LogP contribution in [0.25, 0.3) is 16.7 Å². The topological polar surface area (TPSA) is 84.7 Å². The summed E-state index contributed by atoms with van der Waals surface area (Å²) in [5.74, 6) is 0.621. The van der Waals surface area contributed by atoms with E-state index in [1.54, 1.807) is 12.1 Å². The van der Waals surface area contributed by atoms with Crippen molar-refractivity contribution in [2.45, 2.75) is 51.6 Å². The molecule has 0 bridgehead atoms. The lowest BCUT2D eigenvalue weighted by Crippen LogP contribution is -2.40. The molecule has 2 aromatic carbocycles. The number of amides is 1. The predicted octanol–water partition coefficient (Wildman–Crippen LogP) is 4.72. The van der Waals surface area contributed by atoms with E-state index in [2.05, 4.69) is 15.6 Å². The molecule has 1 saturated carbocycles.